The number of hydrogen-bond acceptors (Lipinski definition) is 0. The van der Waals surface area contributed by atoms with Crippen molar-refractivity contribution < 1.29 is 4.39 Å². The smallest absolute Gasteiger partial charge is 0.122 e. The molecule has 0 heterocycles. The highest BCUT2D eigenvalue weighted by Crippen LogP contribution is 2.23. The lowest BCUT2D eigenvalue weighted by molar-refractivity contribution is 0.630. The monoisotopic (exact) mass is 232 g/mol. The fourth-order valence-electron chi connectivity index (χ4n) is 1.55. The van der Waals surface area contributed by atoms with Gasteiger partial charge in [0.25, 0.3) is 0 Å². The molecule has 0 bridgehead atoms. The molecule has 1 aliphatic carbocycles. The van der Waals surface area contributed by atoms with Crippen LogP contribution in [-0.4, -0.2) is 0 Å². The molecule has 0 unspecified atom stereocenters. The van der Waals surface area contributed by atoms with Crippen LogP contribution in [0, 0.1) is 13.8 Å². The Morgan fingerprint density at radius 1 is 0.824 bits per heavy atom. The molecule has 1 aromatic carbocycles. The van der Waals surface area contributed by atoms with Gasteiger partial charge >= 0.3 is 0 Å². The van der Waals surface area contributed by atoms with Crippen LogP contribution in [0.15, 0.2) is 47.3 Å². The van der Waals surface area contributed by atoms with Gasteiger partial charge in [-0.3, -0.25) is 0 Å². The normalized spacial score (nSPS) is 15.0. The minimum Gasteiger partial charge on any atom is -0.207 e. The largest absolute Gasteiger partial charge is 0.207 e. The lowest BCUT2D eigenvalue weighted by atomic mass is 10.0. The maximum absolute atomic E-state index is 12.6. The van der Waals surface area contributed by atoms with Gasteiger partial charge in [0, 0.05) is 0 Å². The van der Waals surface area contributed by atoms with Crippen LogP contribution in [0.25, 0.3) is 0 Å². The summed E-state index contributed by atoms with van der Waals surface area (Å²) < 4.78 is 12.6. The van der Waals surface area contributed by atoms with E-state index in [1.807, 2.05) is 13.8 Å². The lowest BCUT2D eigenvalue weighted by Gasteiger charge is -2.08. The van der Waals surface area contributed by atoms with E-state index >= 15 is 0 Å². The molecule has 0 N–H and O–H groups in total. The van der Waals surface area contributed by atoms with E-state index in [1.54, 1.807) is 6.08 Å². The van der Waals surface area contributed by atoms with Crippen molar-refractivity contribution in [2.75, 3.05) is 0 Å². The summed E-state index contributed by atoms with van der Waals surface area (Å²) >= 11 is 0. The predicted octanol–water partition coefficient (Wildman–Crippen LogP) is 5.27. The van der Waals surface area contributed by atoms with Gasteiger partial charge in [-0.05, 0) is 52.2 Å². The fourth-order valence-corrected chi connectivity index (χ4v) is 1.55. The summed E-state index contributed by atoms with van der Waals surface area (Å²) in [4.78, 5) is 0. The molecule has 0 amide bonds. The summed E-state index contributed by atoms with van der Waals surface area (Å²) in [6, 6.07) is 8.48. The molecule has 92 valence electrons. The standard InChI is InChI=1S/C8H11F.C8H10/c1-6-3-4-7(2)8(9)5-6;1-7-3-5-8(2)6-4-7/h5H,3-4H2,1-2H3;3-6H,1-2H3. The average molecular weight is 232 g/mol. The Morgan fingerprint density at radius 3 is 1.65 bits per heavy atom. The summed E-state index contributed by atoms with van der Waals surface area (Å²) in [7, 11) is 0. The quantitative estimate of drug-likeness (QED) is 0.571. The molecule has 0 nitrogen and oxygen atoms in total. The predicted molar refractivity (Wildman–Crippen MR) is 72.7 cm³/mol. The van der Waals surface area contributed by atoms with Gasteiger partial charge in [0.15, 0.2) is 0 Å². The fraction of sp³-hybridized carbons (Fsp3) is 0.375. The third kappa shape index (κ3) is 4.99. The summed E-state index contributed by atoms with van der Waals surface area (Å²) in [5.41, 5.74) is 4.70. The Labute approximate surface area is 104 Å². The van der Waals surface area contributed by atoms with Crippen LogP contribution in [-0.2, 0) is 0 Å². The third-order valence-corrected chi connectivity index (χ3v) is 2.89. The molecule has 0 spiro atoms. The topological polar surface area (TPSA) is 0 Å². The molecule has 0 fully saturated rings. The Bertz CT molecular complexity index is 400. The lowest BCUT2D eigenvalue weighted by Crippen LogP contribution is -1.90. The zero-order valence-corrected chi connectivity index (χ0v) is 11.2. The van der Waals surface area contributed by atoms with Gasteiger partial charge in [0.1, 0.15) is 5.83 Å². The number of hydrogen-bond donors (Lipinski definition) is 0. The third-order valence-electron chi connectivity index (χ3n) is 2.89. The molecular formula is C16H21F. The zero-order valence-electron chi connectivity index (χ0n) is 11.2. The molecule has 0 saturated carbocycles. The number of rotatable bonds is 0. The van der Waals surface area contributed by atoms with Crippen molar-refractivity contribution in [1.82, 2.24) is 0 Å². The van der Waals surface area contributed by atoms with Gasteiger partial charge in [0.2, 0.25) is 0 Å². The maximum Gasteiger partial charge on any atom is 0.122 e. The van der Waals surface area contributed by atoms with Crippen molar-refractivity contribution in [3.63, 3.8) is 0 Å². The van der Waals surface area contributed by atoms with Gasteiger partial charge in [-0.1, -0.05) is 41.0 Å². The number of benzene rings is 1. The first-order valence-electron chi connectivity index (χ1n) is 6.04. The second-order valence-electron chi connectivity index (χ2n) is 4.77. The van der Waals surface area contributed by atoms with E-state index in [1.165, 1.54) is 11.1 Å². The highest BCUT2D eigenvalue weighted by Gasteiger charge is 2.05. The molecule has 0 atom stereocenters. The molecular weight excluding hydrogens is 211 g/mol. The molecule has 17 heavy (non-hydrogen) atoms. The van der Waals surface area contributed by atoms with Crippen LogP contribution in [0.5, 0.6) is 0 Å². The number of allylic oxidation sites excluding steroid dienone is 4. The molecule has 0 aliphatic heterocycles. The van der Waals surface area contributed by atoms with Crippen LogP contribution in [0.4, 0.5) is 4.39 Å². The van der Waals surface area contributed by atoms with Crippen molar-refractivity contribution >= 4 is 0 Å². The van der Waals surface area contributed by atoms with E-state index < -0.39 is 0 Å². The highest BCUT2D eigenvalue weighted by molar-refractivity contribution is 5.26. The minimum atomic E-state index is -0.0289. The first kappa shape index (κ1) is 13.7. The molecule has 0 aromatic heterocycles. The summed E-state index contributed by atoms with van der Waals surface area (Å²) in [5.74, 6) is -0.0289. The van der Waals surface area contributed by atoms with Crippen LogP contribution < -0.4 is 0 Å². The second-order valence-corrected chi connectivity index (χ2v) is 4.77. The number of halogens is 1. The first-order valence-corrected chi connectivity index (χ1v) is 6.04. The Balaban J connectivity index is 0.000000171. The van der Waals surface area contributed by atoms with Gasteiger partial charge in [-0.2, -0.15) is 0 Å². The molecule has 2 rings (SSSR count). The Morgan fingerprint density at radius 2 is 1.29 bits per heavy atom. The Kier molecular flexibility index (Phi) is 5.14. The summed E-state index contributed by atoms with van der Waals surface area (Å²) in [5, 5.41) is 0. The molecule has 0 radical (unpaired) electrons. The Hall–Kier alpha value is -1.37. The average Bonchev–Trinajstić information content (AvgIpc) is 2.29. The van der Waals surface area contributed by atoms with Crippen molar-refractivity contribution in [1.29, 1.82) is 0 Å². The van der Waals surface area contributed by atoms with Crippen LogP contribution in [0.3, 0.4) is 0 Å². The van der Waals surface area contributed by atoms with E-state index in [2.05, 4.69) is 38.1 Å². The maximum atomic E-state index is 12.6. The van der Waals surface area contributed by atoms with Crippen molar-refractivity contribution in [3.05, 3.63) is 58.4 Å². The van der Waals surface area contributed by atoms with E-state index in [4.69, 9.17) is 0 Å². The van der Waals surface area contributed by atoms with E-state index in [9.17, 15) is 4.39 Å². The van der Waals surface area contributed by atoms with Crippen LogP contribution in [0.2, 0.25) is 0 Å². The van der Waals surface area contributed by atoms with E-state index in [0.717, 1.165) is 24.0 Å². The van der Waals surface area contributed by atoms with E-state index in [0.29, 0.717) is 0 Å². The molecule has 1 aliphatic rings. The number of aryl methyl sites for hydroxylation is 2. The molecule has 1 heteroatoms. The van der Waals surface area contributed by atoms with Gasteiger partial charge in [-0.25, -0.2) is 4.39 Å². The SMILES string of the molecule is CC1=CC(F)=C(C)CC1.Cc1ccc(C)cc1. The van der Waals surface area contributed by atoms with Gasteiger partial charge < -0.3 is 0 Å². The van der Waals surface area contributed by atoms with Crippen molar-refractivity contribution in [2.24, 2.45) is 0 Å². The molecule has 1 aromatic rings. The van der Waals surface area contributed by atoms with E-state index in [-0.39, 0.29) is 5.83 Å². The summed E-state index contributed by atoms with van der Waals surface area (Å²) in [6.45, 7) is 8.00. The van der Waals surface area contributed by atoms with Crippen LogP contribution >= 0.6 is 0 Å². The van der Waals surface area contributed by atoms with Gasteiger partial charge in [-0.15, -0.1) is 0 Å². The second kappa shape index (κ2) is 6.39. The van der Waals surface area contributed by atoms with Crippen LogP contribution in [0.1, 0.15) is 37.8 Å². The first-order chi connectivity index (χ1) is 7.99. The van der Waals surface area contributed by atoms with Crippen molar-refractivity contribution in [3.8, 4) is 0 Å². The highest BCUT2D eigenvalue weighted by atomic mass is 19.1. The van der Waals surface area contributed by atoms with Gasteiger partial charge in [0.05, 0.1) is 0 Å². The zero-order chi connectivity index (χ0) is 12.8. The minimum absolute atomic E-state index is 0.0289. The molecule has 0 saturated heterocycles. The summed E-state index contributed by atoms with van der Waals surface area (Å²) in [6.07, 6.45) is 3.55. The van der Waals surface area contributed by atoms with Crippen molar-refractivity contribution in [2.45, 2.75) is 40.5 Å².